The van der Waals surface area contributed by atoms with Gasteiger partial charge >= 0.3 is 0 Å². The van der Waals surface area contributed by atoms with E-state index in [1.165, 1.54) is 12.1 Å². The molecule has 0 radical (unpaired) electrons. The Morgan fingerprint density at radius 3 is 2.45 bits per heavy atom. The molecule has 0 aliphatic heterocycles. The van der Waals surface area contributed by atoms with E-state index in [1.807, 2.05) is 0 Å². The maximum absolute atomic E-state index is 12.8. The van der Waals surface area contributed by atoms with Gasteiger partial charge in [0.15, 0.2) is 6.10 Å². The number of hydrogen-bond acceptors (Lipinski definition) is 2. The lowest BCUT2D eigenvalue weighted by Gasteiger charge is -2.14. The van der Waals surface area contributed by atoms with Crippen LogP contribution in [-0.2, 0) is 11.2 Å². The van der Waals surface area contributed by atoms with E-state index in [9.17, 15) is 9.18 Å². The third-order valence-corrected chi connectivity index (χ3v) is 3.37. The van der Waals surface area contributed by atoms with Gasteiger partial charge in [-0.2, -0.15) is 0 Å². The molecular formula is C17H17ClFNO2. The van der Waals surface area contributed by atoms with Gasteiger partial charge in [-0.15, -0.1) is 0 Å². The Morgan fingerprint density at radius 1 is 1.18 bits per heavy atom. The molecule has 0 aliphatic carbocycles. The van der Waals surface area contributed by atoms with Gasteiger partial charge in [0.2, 0.25) is 0 Å². The summed E-state index contributed by atoms with van der Waals surface area (Å²) in [6, 6.07) is 13.1. The molecule has 3 nitrogen and oxygen atoms in total. The molecule has 116 valence electrons. The topological polar surface area (TPSA) is 38.3 Å². The van der Waals surface area contributed by atoms with Crippen molar-refractivity contribution in [2.75, 3.05) is 6.54 Å². The first-order chi connectivity index (χ1) is 10.5. The number of amides is 1. The normalized spacial score (nSPS) is 11.8. The molecule has 0 spiro atoms. The number of benzene rings is 2. The first kappa shape index (κ1) is 16.3. The average molecular weight is 322 g/mol. The number of rotatable bonds is 6. The number of halogens is 2. The summed E-state index contributed by atoms with van der Waals surface area (Å²) in [5.74, 6) is 0.125. The van der Waals surface area contributed by atoms with Crippen LogP contribution in [0.25, 0.3) is 0 Å². The number of nitrogens with one attached hydrogen (secondary N) is 1. The summed E-state index contributed by atoms with van der Waals surface area (Å²) in [5.41, 5.74) is 0.966. The van der Waals surface area contributed by atoms with Gasteiger partial charge in [0.05, 0.1) is 0 Å². The molecule has 0 bridgehead atoms. The van der Waals surface area contributed by atoms with Gasteiger partial charge in [-0.3, -0.25) is 4.79 Å². The minimum Gasteiger partial charge on any atom is -0.481 e. The van der Waals surface area contributed by atoms with Crippen LogP contribution in [-0.4, -0.2) is 18.6 Å². The molecular weight excluding hydrogens is 305 g/mol. The second-order valence-electron chi connectivity index (χ2n) is 4.88. The maximum atomic E-state index is 12.8. The van der Waals surface area contributed by atoms with E-state index >= 15 is 0 Å². The van der Waals surface area contributed by atoms with Crippen molar-refractivity contribution in [1.82, 2.24) is 5.32 Å². The first-order valence-corrected chi connectivity index (χ1v) is 7.37. The predicted molar refractivity (Wildman–Crippen MR) is 84.7 cm³/mol. The maximum Gasteiger partial charge on any atom is 0.260 e. The molecule has 0 saturated carbocycles. The summed E-state index contributed by atoms with van der Waals surface area (Å²) in [7, 11) is 0. The molecule has 2 aromatic rings. The fourth-order valence-corrected chi connectivity index (χ4v) is 2.02. The summed E-state index contributed by atoms with van der Waals surface area (Å²) < 4.78 is 18.3. The third kappa shape index (κ3) is 5.04. The first-order valence-electron chi connectivity index (χ1n) is 6.99. The molecule has 0 aliphatic rings. The minimum atomic E-state index is -0.602. The van der Waals surface area contributed by atoms with Crippen LogP contribution < -0.4 is 10.1 Å². The predicted octanol–water partition coefficient (Wildman–Crippen LogP) is 3.61. The van der Waals surface area contributed by atoms with Crippen molar-refractivity contribution in [2.45, 2.75) is 19.4 Å². The fourth-order valence-electron chi connectivity index (χ4n) is 1.90. The van der Waals surface area contributed by atoms with Crippen molar-refractivity contribution >= 4 is 17.5 Å². The minimum absolute atomic E-state index is 0.197. The fraction of sp³-hybridized carbons (Fsp3) is 0.235. The Kier molecular flexibility index (Phi) is 5.78. The average Bonchev–Trinajstić information content (AvgIpc) is 2.51. The van der Waals surface area contributed by atoms with Gasteiger partial charge in [0, 0.05) is 11.6 Å². The van der Waals surface area contributed by atoms with Gasteiger partial charge in [0.1, 0.15) is 11.6 Å². The third-order valence-electron chi connectivity index (χ3n) is 3.12. The SMILES string of the molecule is CC(Oc1ccc(Cl)cc1)C(=O)NCCc1ccc(F)cc1. The highest BCUT2D eigenvalue weighted by Crippen LogP contribution is 2.16. The van der Waals surface area contributed by atoms with Gasteiger partial charge in [-0.1, -0.05) is 23.7 Å². The zero-order chi connectivity index (χ0) is 15.9. The van der Waals surface area contributed by atoms with Crippen molar-refractivity contribution in [3.8, 4) is 5.75 Å². The second-order valence-corrected chi connectivity index (χ2v) is 5.32. The molecule has 2 aromatic carbocycles. The molecule has 0 fully saturated rings. The largest absolute Gasteiger partial charge is 0.481 e. The Balaban J connectivity index is 1.76. The Morgan fingerprint density at radius 2 is 1.82 bits per heavy atom. The van der Waals surface area contributed by atoms with Crippen LogP contribution in [0.1, 0.15) is 12.5 Å². The number of hydrogen-bond donors (Lipinski definition) is 1. The lowest BCUT2D eigenvalue weighted by molar-refractivity contribution is -0.127. The van der Waals surface area contributed by atoms with Gasteiger partial charge in [-0.25, -0.2) is 4.39 Å². The molecule has 0 aromatic heterocycles. The van der Waals surface area contributed by atoms with Crippen molar-refractivity contribution in [2.24, 2.45) is 0 Å². The molecule has 1 atom stereocenters. The Labute approximate surface area is 134 Å². The van der Waals surface area contributed by atoms with Crippen LogP contribution in [0.2, 0.25) is 5.02 Å². The molecule has 2 rings (SSSR count). The van der Waals surface area contributed by atoms with E-state index in [2.05, 4.69) is 5.32 Å². The van der Waals surface area contributed by atoms with Crippen LogP contribution >= 0.6 is 11.6 Å². The Hall–Kier alpha value is -2.07. The molecule has 22 heavy (non-hydrogen) atoms. The van der Waals surface area contributed by atoms with Crippen molar-refractivity contribution in [1.29, 1.82) is 0 Å². The summed E-state index contributed by atoms with van der Waals surface area (Å²) >= 11 is 5.79. The van der Waals surface area contributed by atoms with Gasteiger partial charge in [0.25, 0.3) is 5.91 Å². The zero-order valence-electron chi connectivity index (χ0n) is 12.2. The molecule has 0 saturated heterocycles. The van der Waals surface area contributed by atoms with Gasteiger partial charge in [-0.05, 0) is 55.3 Å². The standard InChI is InChI=1S/C17H17ClFNO2/c1-12(22-16-8-4-14(18)5-9-16)17(21)20-11-10-13-2-6-15(19)7-3-13/h2-9,12H,10-11H2,1H3,(H,20,21). The van der Waals surface area contributed by atoms with E-state index in [0.29, 0.717) is 23.7 Å². The van der Waals surface area contributed by atoms with Crippen LogP contribution in [0, 0.1) is 5.82 Å². The summed E-state index contributed by atoms with van der Waals surface area (Å²) in [5, 5.41) is 3.41. The molecule has 0 heterocycles. The lowest BCUT2D eigenvalue weighted by atomic mass is 10.1. The highest BCUT2D eigenvalue weighted by Gasteiger charge is 2.13. The summed E-state index contributed by atoms with van der Waals surface area (Å²) in [6.07, 6.45) is 0.0362. The van der Waals surface area contributed by atoms with Crippen molar-refractivity contribution < 1.29 is 13.9 Å². The van der Waals surface area contributed by atoms with Crippen LogP contribution in [0.4, 0.5) is 4.39 Å². The number of ether oxygens (including phenoxy) is 1. The van der Waals surface area contributed by atoms with Crippen molar-refractivity contribution in [3.05, 3.63) is 64.9 Å². The van der Waals surface area contributed by atoms with E-state index in [1.54, 1.807) is 43.3 Å². The summed E-state index contributed by atoms with van der Waals surface area (Å²) in [6.45, 7) is 2.15. The molecule has 1 amide bonds. The highest BCUT2D eigenvalue weighted by molar-refractivity contribution is 6.30. The monoisotopic (exact) mass is 321 g/mol. The number of carbonyl (C=O) groups is 1. The lowest BCUT2D eigenvalue weighted by Crippen LogP contribution is -2.37. The van der Waals surface area contributed by atoms with Crippen LogP contribution in [0.15, 0.2) is 48.5 Å². The number of carbonyl (C=O) groups excluding carboxylic acids is 1. The highest BCUT2D eigenvalue weighted by atomic mass is 35.5. The second kappa shape index (κ2) is 7.80. The van der Waals surface area contributed by atoms with Crippen molar-refractivity contribution in [3.63, 3.8) is 0 Å². The zero-order valence-corrected chi connectivity index (χ0v) is 12.9. The Bertz CT molecular complexity index is 614. The van der Waals surface area contributed by atoms with E-state index in [-0.39, 0.29) is 11.7 Å². The van der Waals surface area contributed by atoms with Crippen LogP contribution in [0.5, 0.6) is 5.75 Å². The molecule has 1 N–H and O–H groups in total. The van der Waals surface area contributed by atoms with Crippen LogP contribution in [0.3, 0.4) is 0 Å². The van der Waals surface area contributed by atoms with E-state index in [0.717, 1.165) is 5.56 Å². The summed E-state index contributed by atoms with van der Waals surface area (Å²) in [4.78, 5) is 11.9. The van der Waals surface area contributed by atoms with E-state index in [4.69, 9.17) is 16.3 Å². The van der Waals surface area contributed by atoms with E-state index < -0.39 is 6.10 Å². The smallest absolute Gasteiger partial charge is 0.260 e. The quantitative estimate of drug-likeness (QED) is 0.882. The van der Waals surface area contributed by atoms with Gasteiger partial charge < -0.3 is 10.1 Å². The molecule has 1 unspecified atom stereocenters. The molecule has 5 heteroatoms.